The quantitative estimate of drug-likeness (QED) is 0.0673. The molecule has 4 heteroatoms. The summed E-state index contributed by atoms with van der Waals surface area (Å²) in [6.45, 7) is 6.39. The average Bonchev–Trinajstić information content (AvgIpc) is 3.21. The Labute approximate surface area is 337 Å². The Kier molecular flexibility index (Phi) is 22.2. The summed E-state index contributed by atoms with van der Waals surface area (Å²) in [6.07, 6.45) is 37.8. The van der Waals surface area contributed by atoms with Gasteiger partial charge in [0.2, 0.25) is 0 Å². The van der Waals surface area contributed by atoms with E-state index in [1.807, 2.05) is 24.3 Å². The van der Waals surface area contributed by atoms with E-state index in [1.54, 1.807) is 6.92 Å². The van der Waals surface area contributed by atoms with Crippen molar-refractivity contribution in [2.75, 3.05) is 6.61 Å². The summed E-state index contributed by atoms with van der Waals surface area (Å²) < 4.78 is 11.1. The maximum absolute atomic E-state index is 12.8. The highest BCUT2D eigenvalue weighted by Crippen LogP contribution is 2.36. The molecule has 55 heavy (non-hydrogen) atoms. The molecule has 2 aromatic carbocycles. The predicted molar refractivity (Wildman–Crippen MR) is 231 cm³/mol. The molecule has 2 aliphatic carbocycles. The Hall–Kier alpha value is -2.62. The Balaban J connectivity index is 1.01. The summed E-state index contributed by atoms with van der Waals surface area (Å²) in [7, 11) is 0. The molecular formula is C51H80O4. The second kappa shape index (κ2) is 27.1. The van der Waals surface area contributed by atoms with Gasteiger partial charge in [-0.25, -0.2) is 9.59 Å². The molecule has 308 valence electrons. The zero-order valence-corrected chi connectivity index (χ0v) is 35.6. The Bertz CT molecular complexity index is 1280. The Morgan fingerprint density at radius 3 is 1.22 bits per heavy atom. The zero-order chi connectivity index (χ0) is 38.9. The highest BCUT2D eigenvalue weighted by Gasteiger charge is 2.22. The summed E-state index contributed by atoms with van der Waals surface area (Å²) in [4.78, 5) is 25.5. The van der Waals surface area contributed by atoms with E-state index >= 15 is 0 Å². The van der Waals surface area contributed by atoms with Crippen LogP contribution in [0.3, 0.4) is 0 Å². The lowest BCUT2D eigenvalue weighted by Crippen LogP contribution is -2.22. The van der Waals surface area contributed by atoms with Gasteiger partial charge in [-0.1, -0.05) is 192 Å². The first-order valence-electron chi connectivity index (χ1n) is 23.5. The van der Waals surface area contributed by atoms with Crippen LogP contribution in [0.5, 0.6) is 0 Å². The highest BCUT2D eigenvalue weighted by atomic mass is 16.6. The normalized spacial score (nSPS) is 20.6. The van der Waals surface area contributed by atoms with Crippen LogP contribution in [-0.2, 0) is 22.3 Å². The molecule has 2 aromatic rings. The first-order chi connectivity index (χ1) is 26.9. The van der Waals surface area contributed by atoms with E-state index in [4.69, 9.17) is 9.47 Å². The van der Waals surface area contributed by atoms with Crippen LogP contribution in [0.4, 0.5) is 0 Å². The third-order valence-corrected chi connectivity index (χ3v) is 13.2. The zero-order valence-electron chi connectivity index (χ0n) is 35.6. The fourth-order valence-corrected chi connectivity index (χ4v) is 9.39. The minimum Gasteiger partial charge on any atom is -0.458 e. The van der Waals surface area contributed by atoms with Gasteiger partial charge in [0, 0.05) is 0 Å². The molecule has 0 aromatic heterocycles. The molecule has 0 amide bonds. The van der Waals surface area contributed by atoms with E-state index in [9.17, 15) is 9.59 Å². The van der Waals surface area contributed by atoms with E-state index in [-0.39, 0.29) is 18.5 Å². The van der Waals surface area contributed by atoms with Gasteiger partial charge in [0.1, 0.15) is 12.7 Å². The molecule has 2 saturated carbocycles. The second-order valence-corrected chi connectivity index (χ2v) is 17.9. The van der Waals surface area contributed by atoms with Crippen molar-refractivity contribution in [3.8, 4) is 0 Å². The maximum atomic E-state index is 12.8. The first kappa shape index (κ1) is 45.1. The number of rotatable bonds is 27. The SMILES string of the molecule is CCCCCCCC1CCC(CCCCc2ccc(C(=O)OC[C@@H](C)OC(=O)c3ccc(CCCCC4CCC(CCCCCCC)CC4)cc3)cc2)CC1. The van der Waals surface area contributed by atoms with Gasteiger partial charge >= 0.3 is 11.9 Å². The Morgan fingerprint density at radius 1 is 0.491 bits per heavy atom. The molecule has 1 atom stereocenters. The number of aryl methyl sites for hydroxylation is 2. The lowest BCUT2D eigenvalue weighted by atomic mass is 9.78. The van der Waals surface area contributed by atoms with Crippen LogP contribution in [0.1, 0.15) is 220 Å². The van der Waals surface area contributed by atoms with E-state index in [0.29, 0.717) is 11.1 Å². The van der Waals surface area contributed by atoms with Crippen molar-refractivity contribution in [3.05, 3.63) is 70.8 Å². The van der Waals surface area contributed by atoms with Gasteiger partial charge in [-0.3, -0.25) is 0 Å². The molecule has 0 radical (unpaired) electrons. The predicted octanol–water partition coefficient (Wildman–Crippen LogP) is 14.8. The summed E-state index contributed by atoms with van der Waals surface area (Å²) in [5.74, 6) is 3.07. The van der Waals surface area contributed by atoms with Crippen molar-refractivity contribution in [1.29, 1.82) is 0 Å². The lowest BCUT2D eigenvalue weighted by molar-refractivity contribution is 0.00448. The van der Waals surface area contributed by atoms with Crippen molar-refractivity contribution in [3.63, 3.8) is 0 Å². The summed E-state index contributed by atoms with van der Waals surface area (Å²) in [5, 5.41) is 0. The molecular weight excluding hydrogens is 677 g/mol. The molecule has 0 heterocycles. The minimum atomic E-state index is -0.526. The van der Waals surface area contributed by atoms with E-state index < -0.39 is 6.10 Å². The molecule has 2 aliphatic rings. The number of esters is 2. The van der Waals surface area contributed by atoms with Crippen LogP contribution in [0.25, 0.3) is 0 Å². The van der Waals surface area contributed by atoms with Crippen LogP contribution >= 0.6 is 0 Å². The molecule has 2 fully saturated rings. The highest BCUT2D eigenvalue weighted by molar-refractivity contribution is 5.90. The summed E-state index contributed by atoms with van der Waals surface area (Å²) in [6, 6.07) is 15.7. The van der Waals surface area contributed by atoms with E-state index in [1.165, 1.54) is 178 Å². The van der Waals surface area contributed by atoms with Gasteiger partial charge in [0.25, 0.3) is 0 Å². The second-order valence-electron chi connectivity index (χ2n) is 17.9. The van der Waals surface area contributed by atoms with Crippen LogP contribution in [0.15, 0.2) is 48.5 Å². The third kappa shape index (κ3) is 18.5. The first-order valence-corrected chi connectivity index (χ1v) is 23.5. The van der Waals surface area contributed by atoms with Crippen LogP contribution in [0.2, 0.25) is 0 Å². The van der Waals surface area contributed by atoms with Gasteiger partial charge in [0.15, 0.2) is 0 Å². The Morgan fingerprint density at radius 2 is 0.836 bits per heavy atom. The number of ether oxygens (including phenoxy) is 2. The van der Waals surface area contributed by atoms with Gasteiger partial charge in [-0.2, -0.15) is 0 Å². The molecule has 0 bridgehead atoms. The molecule has 0 saturated heterocycles. The van der Waals surface area contributed by atoms with Crippen molar-refractivity contribution in [1.82, 2.24) is 0 Å². The monoisotopic (exact) mass is 757 g/mol. The number of hydrogen-bond donors (Lipinski definition) is 0. The van der Waals surface area contributed by atoms with Crippen LogP contribution in [0, 0.1) is 23.7 Å². The number of hydrogen-bond acceptors (Lipinski definition) is 4. The summed E-state index contributed by atoms with van der Waals surface area (Å²) in [5.41, 5.74) is 3.62. The largest absolute Gasteiger partial charge is 0.458 e. The van der Waals surface area contributed by atoms with Gasteiger partial charge < -0.3 is 9.47 Å². The standard InChI is InChI=1S/C51H80O4/c1-4-6-8-10-12-18-42-24-28-44(29-25-42)20-14-16-22-46-32-36-48(37-33-46)50(52)54-40-41(3)55-51(53)49-38-34-47(35-39-49)23-17-15-21-45-30-26-43(27-31-45)19-13-11-9-7-5-2/h32-39,41-45H,4-31,40H2,1-3H3/t41-,42?,43?,44?,45?/m1/s1. The minimum absolute atomic E-state index is 0.0337. The van der Waals surface area contributed by atoms with Crippen molar-refractivity contribution in [2.24, 2.45) is 23.7 Å². The molecule has 0 unspecified atom stereocenters. The van der Waals surface area contributed by atoms with E-state index in [2.05, 4.69) is 38.1 Å². The average molecular weight is 757 g/mol. The molecule has 0 N–H and O–H groups in total. The van der Waals surface area contributed by atoms with Crippen molar-refractivity contribution < 1.29 is 19.1 Å². The maximum Gasteiger partial charge on any atom is 0.338 e. The fourth-order valence-electron chi connectivity index (χ4n) is 9.39. The van der Waals surface area contributed by atoms with Gasteiger partial charge in [-0.15, -0.1) is 0 Å². The fraction of sp³-hybridized carbons (Fsp3) is 0.725. The molecule has 0 aliphatic heterocycles. The van der Waals surface area contributed by atoms with Gasteiger partial charge in [-0.05, 0) is 91.7 Å². The molecule has 0 spiro atoms. The smallest absolute Gasteiger partial charge is 0.338 e. The number of unbranched alkanes of at least 4 members (excludes halogenated alkanes) is 10. The van der Waals surface area contributed by atoms with E-state index in [0.717, 1.165) is 36.5 Å². The molecule has 4 rings (SSSR count). The summed E-state index contributed by atoms with van der Waals surface area (Å²) >= 11 is 0. The molecule has 4 nitrogen and oxygen atoms in total. The third-order valence-electron chi connectivity index (χ3n) is 13.2. The topological polar surface area (TPSA) is 52.6 Å². The van der Waals surface area contributed by atoms with Crippen LogP contribution < -0.4 is 0 Å². The number of carbonyl (C=O) groups excluding carboxylic acids is 2. The van der Waals surface area contributed by atoms with Crippen molar-refractivity contribution >= 4 is 11.9 Å². The lowest BCUT2D eigenvalue weighted by Gasteiger charge is -2.28. The van der Waals surface area contributed by atoms with Crippen LogP contribution in [-0.4, -0.2) is 24.6 Å². The van der Waals surface area contributed by atoms with Crippen molar-refractivity contribution in [2.45, 2.75) is 207 Å². The van der Waals surface area contributed by atoms with Gasteiger partial charge in [0.05, 0.1) is 11.1 Å². The number of carbonyl (C=O) groups is 2. The number of benzene rings is 2.